The van der Waals surface area contributed by atoms with Gasteiger partial charge in [-0.05, 0) is 249 Å². The number of nitrogens with zero attached hydrogens (tertiary/aromatic N) is 2. The van der Waals surface area contributed by atoms with Crippen LogP contribution >= 0.6 is 0 Å². The third kappa shape index (κ3) is 8.05. The molecule has 11 saturated carbocycles. The van der Waals surface area contributed by atoms with Crippen LogP contribution in [0.25, 0.3) is 0 Å². The highest BCUT2D eigenvalue weighted by Crippen LogP contribution is 2.69. The third-order valence-corrected chi connectivity index (χ3v) is 25.8. The fraction of sp³-hybridized carbons (Fsp3) is 1.00. The zero-order valence-corrected chi connectivity index (χ0v) is 43.2. The largest absolute Gasteiger partial charge is 0.294 e. The maximum absolute atomic E-state index is 3.50. The van der Waals surface area contributed by atoms with E-state index in [0.29, 0.717) is 10.8 Å². The van der Waals surface area contributed by atoms with E-state index >= 15 is 0 Å². The van der Waals surface area contributed by atoms with Crippen molar-refractivity contribution in [2.75, 3.05) is 0 Å². The number of fused-ring (bicyclic) bond motifs is 7. The molecule has 11 aliphatic carbocycles. The van der Waals surface area contributed by atoms with Gasteiger partial charge in [-0.3, -0.25) is 9.80 Å². The lowest BCUT2D eigenvalue weighted by Gasteiger charge is -2.55. The van der Waals surface area contributed by atoms with Gasteiger partial charge in [0.25, 0.3) is 0 Å². The molecule has 0 N–H and O–H groups in total. The second kappa shape index (κ2) is 20.0. The van der Waals surface area contributed by atoms with Crippen molar-refractivity contribution >= 4 is 0 Å². The predicted molar refractivity (Wildman–Crippen MR) is 271 cm³/mol. The summed E-state index contributed by atoms with van der Waals surface area (Å²) < 4.78 is 0. The molecule has 0 heterocycles. The van der Waals surface area contributed by atoms with Crippen molar-refractivity contribution in [3.8, 4) is 0 Å². The second-order valence-corrected chi connectivity index (χ2v) is 27.0. The minimum Gasteiger partial charge on any atom is -0.294 e. The van der Waals surface area contributed by atoms with Crippen LogP contribution in [0.3, 0.4) is 0 Å². The van der Waals surface area contributed by atoms with Gasteiger partial charge in [0.2, 0.25) is 0 Å². The van der Waals surface area contributed by atoms with Crippen LogP contribution in [0.4, 0.5) is 0 Å². The lowest BCUT2D eigenvalue weighted by Crippen LogP contribution is -2.56. The molecule has 0 aromatic heterocycles. The van der Waals surface area contributed by atoms with E-state index in [1.165, 1.54) is 103 Å². The molecule has 0 radical (unpaired) electrons. The first-order valence-corrected chi connectivity index (χ1v) is 31.1. The molecular weight excluding hydrogens is 773 g/mol. The molecule has 11 rings (SSSR count). The van der Waals surface area contributed by atoms with E-state index in [2.05, 4.69) is 37.5 Å². The molecular formula is C62H106N2. The topological polar surface area (TPSA) is 6.48 Å². The van der Waals surface area contributed by atoms with Gasteiger partial charge in [-0.15, -0.1) is 0 Å². The van der Waals surface area contributed by atoms with Crippen molar-refractivity contribution in [3.63, 3.8) is 0 Å². The van der Waals surface area contributed by atoms with Gasteiger partial charge in [-0.1, -0.05) is 105 Å². The maximum atomic E-state index is 3.50. The van der Waals surface area contributed by atoms with Crippen molar-refractivity contribution in [1.29, 1.82) is 0 Å². The van der Waals surface area contributed by atoms with Crippen molar-refractivity contribution in [2.24, 2.45) is 81.8 Å². The summed E-state index contributed by atoms with van der Waals surface area (Å²) in [5.41, 5.74) is 1.30. The molecule has 2 heteroatoms. The molecule has 64 heavy (non-hydrogen) atoms. The van der Waals surface area contributed by atoms with Crippen LogP contribution in [0.1, 0.15) is 272 Å². The molecule has 11 aliphatic rings. The van der Waals surface area contributed by atoms with Crippen LogP contribution in [0, 0.1) is 81.8 Å². The molecule has 0 amide bonds. The Bertz CT molecular complexity index is 1410. The zero-order chi connectivity index (χ0) is 43.4. The van der Waals surface area contributed by atoms with Gasteiger partial charge >= 0.3 is 0 Å². The van der Waals surface area contributed by atoms with Crippen LogP contribution in [0.5, 0.6) is 0 Å². The molecule has 0 aromatic carbocycles. The number of hydrogen-bond acceptors (Lipinski definition) is 2. The summed E-state index contributed by atoms with van der Waals surface area (Å²) in [4.78, 5) is 6.85. The molecule has 13 atom stereocenters. The molecule has 13 unspecified atom stereocenters. The average Bonchev–Trinajstić information content (AvgIpc) is 3.81. The summed E-state index contributed by atoms with van der Waals surface area (Å²) in [5, 5.41) is 0. The molecule has 11 fully saturated rings. The van der Waals surface area contributed by atoms with Gasteiger partial charge in [0.15, 0.2) is 0 Å². The number of hydrogen-bond donors (Lipinski definition) is 0. The number of rotatable bonds is 11. The van der Waals surface area contributed by atoms with Crippen molar-refractivity contribution in [2.45, 2.75) is 308 Å². The predicted octanol–water partition coefficient (Wildman–Crippen LogP) is 17.2. The monoisotopic (exact) mass is 879 g/mol. The molecule has 0 aliphatic heterocycles. The summed E-state index contributed by atoms with van der Waals surface area (Å²) in [6, 6.07) is 5.43. The normalized spacial score (nSPS) is 47.1. The van der Waals surface area contributed by atoms with Crippen LogP contribution in [0.15, 0.2) is 0 Å². The Labute approximate surface area is 397 Å². The summed E-state index contributed by atoms with van der Waals surface area (Å²) >= 11 is 0. The Morgan fingerprint density at radius 1 is 0.281 bits per heavy atom. The summed E-state index contributed by atoms with van der Waals surface area (Å²) in [6.45, 7) is 10.6. The van der Waals surface area contributed by atoms with E-state index < -0.39 is 0 Å². The molecule has 0 saturated heterocycles. The quantitative estimate of drug-likeness (QED) is 0.204. The van der Waals surface area contributed by atoms with Gasteiger partial charge in [-0.2, -0.15) is 0 Å². The molecule has 2 nitrogen and oxygen atoms in total. The summed E-state index contributed by atoms with van der Waals surface area (Å²) in [7, 11) is 0. The maximum Gasteiger partial charge on any atom is 0.0132 e. The fourth-order valence-electron chi connectivity index (χ4n) is 23.3. The smallest absolute Gasteiger partial charge is 0.0132 e. The SMILES string of the molecule is CCC1(CC)C2CCCCC2C2CCC(N(C3CCC(C4CCC(N(C5CCCCC5)C5CCCC6CCCCC65)CC4)CC3)C3CCC4C5CCCCC5C(CC)(CC)C4C3)CC21. The van der Waals surface area contributed by atoms with Gasteiger partial charge in [0, 0.05) is 36.3 Å². The fourth-order valence-corrected chi connectivity index (χ4v) is 23.3. The molecule has 0 bridgehead atoms. The molecule has 0 aromatic rings. The van der Waals surface area contributed by atoms with Gasteiger partial charge in [0.05, 0.1) is 0 Å². The minimum atomic E-state index is 0.649. The van der Waals surface area contributed by atoms with Gasteiger partial charge in [-0.25, -0.2) is 0 Å². The van der Waals surface area contributed by atoms with Crippen molar-refractivity contribution in [3.05, 3.63) is 0 Å². The highest BCUT2D eigenvalue weighted by atomic mass is 15.2. The van der Waals surface area contributed by atoms with Crippen LogP contribution < -0.4 is 0 Å². The average molecular weight is 880 g/mol. The summed E-state index contributed by atoms with van der Waals surface area (Å²) in [6.07, 6.45) is 58.7. The lowest BCUT2D eigenvalue weighted by atomic mass is 9.61. The highest BCUT2D eigenvalue weighted by Gasteiger charge is 2.62. The van der Waals surface area contributed by atoms with Crippen LogP contribution in [0.2, 0.25) is 0 Å². The second-order valence-electron chi connectivity index (χ2n) is 27.0. The Balaban J connectivity index is 0.804. The third-order valence-electron chi connectivity index (χ3n) is 25.8. The van der Waals surface area contributed by atoms with E-state index in [9.17, 15) is 0 Å². The van der Waals surface area contributed by atoms with E-state index in [1.54, 1.807) is 141 Å². The zero-order valence-electron chi connectivity index (χ0n) is 43.2. The van der Waals surface area contributed by atoms with Crippen LogP contribution in [-0.4, -0.2) is 46.1 Å². The highest BCUT2D eigenvalue weighted by molar-refractivity contribution is 5.12. The van der Waals surface area contributed by atoms with Crippen molar-refractivity contribution in [1.82, 2.24) is 9.80 Å². The van der Waals surface area contributed by atoms with Gasteiger partial charge < -0.3 is 0 Å². The van der Waals surface area contributed by atoms with E-state index in [1.807, 2.05) is 0 Å². The lowest BCUT2D eigenvalue weighted by molar-refractivity contribution is -0.0513. The Kier molecular flexibility index (Phi) is 14.4. The Morgan fingerprint density at radius 3 is 1.19 bits per heavy atom. The van der Waals surface area contributed by atoms with Crippen LogP contribution in [-0.2, 0) is 0 Å². The first-order chi connectivity index (χ1) is 31.5. The first kappa shape index (κ1) is 46.3. The van der Waals surface area contributed by atoms with E-state index in [-0.39, 0.29) is 0 Å². The minimum absolute atomic E-state index is 0.649. The molecule has 364 valence electrons. The van der Waals surface area contributed by atoms with E-state index in [4.69, 9.17) is 0 Å². The van der Waals surface area contributed by atoms with Gasteiger partial charge in [0.1, 0.15) is 0 Å². The van der Waals surface area contributed by atoms with Crippen molar-refractivity contribution < 1.29 is 0 Å². The standard InChI is InChI=1S/C62H106N2/c1-5-61(6-2)56-26-16-14-24-52(56)54-39-37-49(41-58(54)61)63(50-38-40-55-53-25-15-17-27-57(53)62(7-3,8-4)59(55)42-50)47-33-29-43(30-34-47)44-31-35-48(36-32-44)64(46-21-10-9-11-22-46)60-28-18-20-45-19-12-13-23-51(45)60/h43-60H,5-42H2,1-4H3. The Morgan fingerprint density at radius 2 is 0.672 bits per heavy atom. The molecule has 0 spiro atoms. The first-order valence-electron chi connectivity index (χ1n) is 31.1. The summed E-state index contributed by atoms with van der Waals surface area (Å²) in [5.74, 6) is 12.6. The van der Waals surface area contributed by atoms with E-state index in [0.717, 1.165) is 107 Å². The Hall–Kier alpha value is -0.0800.